The van der Waals surface area contributed by atoms with Crippen molar-refractivity contribution in [1.82, 2.24) is 0 Å². The molecule has 2 rings (SSSR count). The van der Waals surface area contributed by atoms with E-state index in [0.29, 0.717) is 31.5 Å². The highest BCUT2D eigenvalue weighted by molar-refractivity contribution is 6.00. The lowest BCUT2D eigenvalue weighted by Gasteiger charge is -2.37. The zero-order valence-electron chi connectivity index (χ0n) is 10.4. The molecule has 5 heteroatoms. The summed E-state index contributed by atoms with van der Waals surface area (Å²) in [4.78, 5) is 2.04. The summed E-state index contributed by atoms with van der Waals surface area (Å²) in [7, 11) is 0. The fourth-order valence-corrected chi connectivity index (χ4v) is 2.23. The minimum atomic E-state index is -0.632. The minimum absolute atomic E-state index is 0.137. The van der Waals surface area contributed by atoms with E-state index in [0.717, 1.165) is 5.69 Å². The first kappa shape index (κ1) is 12.8. The van der Waals surface area contributed by atoms with Crippen molar-refractivity contribution in [1.29, 1.82) is 5.41 Å². The van der Waals surface area contributed by atoms with Crippen LogP contribution in [-0.2, 0) is 0 Å². The molecule has 0 bridgehead atoms. The first-order valence-electron chi connectivity index (χ1n) is 6.00. The molecular weight excluding hydrogens is 233 g/mol. The molecule has 1 aromatic carbocycles. The van der Waals surface area contributed by atoms with Crippen LogP contribution in [0, 0.1) is 11.2 Å². The van der Waals surface area contributed by atoms with Crippen LogP contribution in [0.5, 0.6) is 0 Å². The predicted molar refractivity (Wildman–Crippen MR) is 69.5 cm³/mol. The molecule has 0 aliphatic carbocycles. The van der Waals surface area contributed by atoms with Gasteiger partial charge in [0, 0.05) is 24.3 Å². The number of halogens is 1. The molecule has 1 aliphatic rings. The van der Waals surface area contributed by atoms with Crippen molar-refractivity contribution in [3.63, 3.8) is 0 Å². The lowest BCUT2D eigenvalue weighted by Crippen LogP contribution is -2.43. The fourth-order valence-electron chi connectivity index (χ4n) is 2.23. The van der Waals surface area contributed by atoms with Gasteiger partial charge in [-0.2, -0.15) is 0 Å². The molecule has 1 aliphatic heterocycles. The first-order valence-corrected chi connectivity index (χ1v) is 6.00. The Morgan fingerprint density at radius 2 is 2.06 bits per heavy atom. The maximum atomic E-state index is 13.2. The molecule has 98 valence electrons. The average molecular weight is 251 g/mol. The normalized spacial score (nSPS) is 18.7. The van der Waals surface area contributed by atoms with Crippen molar-refractivity contribution in [3.05, 3.63) is 29.6 Å². The number of nitrogen functional groups attached to an aromatic ring is 1. The van der Waals surface area contributed by atoms with Crippen LogP contribution in [0.3, 0.4) is 0 Å². The van der Waals surface area contributed by atoms with E-state index in [1.165, 1.54) is 12.1 Å². The number of benzene rings is 1. The summed E-state index contributed by atoms with van der Waals surface area (Å²) in [5.41, 5.74) is 6.03. The topological polar surface area (TPSA) is 73.3 Å². The number of nitrogens with two attached hydrogens (primary N) is 1. The Bertz CT molecular complexity index is 463. The van der Waals surface area contributed by atoms with Gasteiger partial charge in [0.05, 0.1) is 5.60 Å². The van der Waals surface area contributed by atoms with Crippen LogP contribution in [-0.4, -0.2) is 29.6 Å². The van der Waals surface area contributed by atoms with Crippen molar-refractivity contribution in [3.8, 4) is 0 Å². The summed E-state index contributed by atoms with van der Waals surface area (Å²) < 4.78 is 13.2. The molecular formula is C13H18FN3O. The van der Waals surface area contributed by atoms with Gasteiger partial charge in [0.25, 0.3) is 0 Å². The average Bonchev–Trinajstić information content (AvgIpc) is 2.29. The van der Waals surface area contributed by atoms with Gasteiger partial charge in [-0.1, -0.05) is 0 Å². The SMILES string of the molecule is CC1(O)CCN(c2ccc(F)cc2C(=N)N)CC1. The zero-order chi connectivity index (χ0) is 13.3. The molecule has 1 aromatic rings. The van der Waals surface area contributed by atoms with E-state index in [-0.39, 0.29) is 5.84 Å². The summed E-state index contributed by atoms with van der Waals surface area (Å²) in [6.45, 7) is 3.18. The molecule has 4 nitrogen and oxygen atoms in total. The molecule has 0 unspecified atom stereocenters. The van der Waals surface area contributed by atoms with Gasteiger partial charge in [-0.25, -0.2) is 4.39 Å². The number of anilines is 1. The third-order valence-corrected chi connectivity index (χ3v) is 3.43. The van der Waals surface area contributed by atoms with Crippen LogP contribution in [0.1, 0.15) is 25.3 Å². The van der Waals surface area contributed by atoms with Crippen LogP contribution >= 0.6 is 0 Å². The Labute approximate surface area is 106 Å². The van der Waals surface area contributed by atoms with E-state index >= 15 is 0 Å². The molecule has 4 N–H and O–H groups in total. The number of nitrogens with one attached hydrogen (secondary N) is 1. The van der Waals surface area contributed by atoms with Crippen LogP contribution in [0.4, 0.5) is 10.1 Å². The number of rotatable bonds is 2. The predicted octanol–water partition coefficient (Wildman–Crippen LogP) is 1.46. The smallest absolute Gasteiger partial charge is 0.125 e. The fraction of sp³-hybridized carbons (Fsp3) is 0.462. The number of hydrogen-bond acceptors (Lipinski definition) is 3. The Morgan fingerprint density at radius 3 is 2.61 bits per heavy atom. The molecule has 0 aromatic heterocycles. The molecule has 1 heterocycles. The number of hydrogen-bond donors (Lipinski definition) is 3. The second-order valence-electron chi connectivity index (χ2n) is 5.06. The van der Waals surface area contributed by atoms with E-state index in [4.69, 9.17) is 11.1 Å². The quantitative estimate of drug-likeness (QED) is 0.550. The minimum Gasteiger partial charge on any atom is -0.390 e. The Morgan fingerprint density at radius 1 is 1.44 bits per heavy atom. The van der Waals surface area contributed by atoms with Crippen molar-refractivity contribution in [2.45, 2.75) is 25.4 Å². The largest absolute Gasteiger partial charge is 0.390 e. The summed E-state index contributed by atoms with van der Waals surface area (Å²) in [5, 5.41) is 17.4. The van der Waals surface area contributed by atoms with E-state index in [9.17, 15) is 9.50 Å². The molecule has 1 saturated heterocycles. The molecule has 1 fully saturated rings. The van der Waals surface area contributed by atoms with Gasteiger partial charge >= 0.3 is 0 Å². The molecule has 18 heavy (non-hydrogen) atoms. The number of piperidine rings is 1. The third kappa shape index (κ3) is 2.61. The summed E-state index contributed by atoms with van der Waals surface area (Å²) in [5.74, 6) is -0.533. The summed E-state index contributed by atoms with van der Waals surface area (Å²) in [6.07, 6.45) is 1.31. The molecule has 0 amide bonds. The zero-order valence-corrected chi connectivity index (χ0v) is 10.4. The van der Waals surface area contributed by atoms with Gasteiger partial charge < -0.3 is 15.7 Å². The maximum Gasteiger partial charge on any atom is 0.125 e. The highest BCUT2D eigenvalue weighted by Gasteiger charge is 2.28. The van der Waals surface area contributed by atoms with Gasteiger partial charge in [0.15, 0.2) is 0 Å². The highest BCUT2D eigenvalue weighted by atomic mass is 19.1. The first-order chi connectivity index (χ1) is 8.39. The van der Waals surface area contributed by atoms with Gasteiger partial charge in [-0.05, 0) is 38.0 Å². The van der Waals surface area contributed by atoms with Crippen molar-refractivity contribution >= 4 is 11.5 Å². The third-order valence-electron chi connectivity index (χ3n) is 3.43. The van der Waals surface area contributed by atoms with Crippen LogP contribution in [0.15, 0.2) is 18.2 Å². The Hall–Kier alpha value is -1.62. The highest BCUT2D eigenvalue weighted by Crippen LogP contribution is 2.28. The van der Waals surface area contributed by atoms with E-state index in [2.05, 4.69) is 0 Å². The van der Waals surface area contributed by atoms with Gasteiger partial charge in [0.1, 0.15) is 11.7 Å². The second kappa shape index (κ2) is 4.57. The lowest BCUT2D eigenvalue weighted by molar-refractivity contribution is 0.0351. The summed E-state index contributed by atoms with van der Waals surface area (Å²) in [6, 6.07) is 4.30. The molecule has 0 atom stereocenters. The lowest BCUT2D eigenvalue weighted by atomic mass is 9.93. The van der Waals surface area contributed by atoms with E-state index in [1.54, 1.807) is 6.07 Å². The van der Waals surface area contributed by atoms with Crippen molar-refractivity contribution in [2.24, 2.45) is 5.73 Å². The van der Waals surface area contributed by atoms with Gasteiger partial charge in [-0.3, -0.25) is 5.41 Å². The number of aliphatic hydroxyl groups is 1. The number of nitrogens with zero attached hydrogens (tertiary/aromatic N) is 1. The Kier molecular flexibility index (Phi) is 3.26. The van der Waals surface area contributed by atoms with Crippen molar-refractivity contribution < 1.29 is 9.50 Å². The van der Waals surface area contributed by atoms with E-state index < -0.39 is 11.4 Å². The number of amidine groups is 1. The van der Waals surface area contributed by atoms with Crippen LogP contribution in [0.2, 0.25) is 0 Å². The van der Waals surface area contributed by atoms with Gasteiger partial charge in [0.2, 0.25) is 0 Å². The monoisotopic (exact) mass is 251 g/mol. The van der Waals surface area contributed by atoms with E-state index in [1.807, 2.05) is 11.8 Å². The van der Waals surface area contributed by atoms with Gasteiger partial charge in [-0.15, -0.1) is 0 Å². The molecule has 0 radical (unpaired) electrons. The van der Waals surface area contributed by atoms with Crippen LogP contribution < -0.4 is 10.6 Å². The standard InChI is InChI=1S/C13H18FN3O/c1-13(18)4-6-17(7-5-13)11-3-2-9(14)8-10(11)12(15)16/h2-3,8,18H,4-7H2,1H3,(H3,15,16). The molecule has 0 spiro atoms. The molecule has 0 saturated carbocycles. The second-order valence-corrected chi connectivity index (χ2v) is 5.06. The Balaban J connectivity index is 2.26. The van der Waals surface area contributed by atoms with Crippen molar-refractivity contribution in [2.75, 3.05) is 18.0 Å². The maximum absolute atomic E-state index is 13.2. The van der Waals surface area contributed by atoms with Crippen LogP contribution in [0.25, 0.3) is 0 Å². The summed E-state index contributed by atoms with van der Waals surface area (Å²) >= 11 is 0.